The molecule has 23 heavy (non-hydrogen) atoms. The van der Waals surface area contributed by atoms with Crippen molar-refractivity contribution in [1.82, 2.24) is 14.8 Å². The summed E-state index contributed by atoms with van der Waals surface area (Å²) in [6.07, 6.45) is 3.76. The fourth-order valence-corrected chi connectivity index (χ4v) is 3.04. The van der Waals surface area contributed by atoms with Crippen LogP contribution in [0.3, 0.4) is 0 Å². The second-order valence-corrected chi connectivity index (χ2v) is 5.83. The van der Waals surface area contributed by atoms with Gasteiger partial charge in [0.05, 0.1) is 37.9 Å². The van der Waals surface area contributed by atoms with Crippen LogP contribution in [-0.4, -0.2) is 59.5 Å². The molecule has 0 radical (unpaired) electrons. The van der Waals surface area contributed by atoms with Gasteiger partial charge in [-0.1, -0.05) is 6.92 Å². The number of pyridine rings is 1. The molecule has 0 spiro atoms. The average molecular weight is 320 g/mol. The van der Waals surface area contributed by atoms with Crippen LogP contribution in [0.15, 0.2) is 23.5 Å². The maximum atomic E-state index is 14.0. The number of morpholine rings is 1. The van der Waals surface area contributed by atoms with Gasteiger partial charge in [-0.25, -0.2) is 9.38 Å². The zero-order valence-corrected chi connectivity index (χ0v) is 13.4. The molecule has 2 aliphatic rings. The van der Waals surface area contributed by atoms with Gasteiger partial charge in [0.15, 0.2) is 0 Å². The fraction of sp³-hybridized carbons (Fsp3) is 0.562. The molecule has 3 heterocycles. The standard InChI is InChI=1S/C16H21FN4O2/c1-3-11-10-23-7-6-21(11)16-19-14(8-15(22)20(16)2)12-4-5-18-9-13(12)17/h4-5,9,11,14H,3,6-8,10H2,1-2H3/t11-,14?/m0/s1. The summed E-state index contributed by atoms with van der Waals surface area (Å²) in [5.41, 5.74) is 0.417. The monoisotopic (exact) mass is 320 g/mol. The van der Waals surface area contributed by atoms with Crippen molar-refractivity contribution < 1.29 is 13.9 Å². The van der Waals surface area contributed by atoms with Gasteiger partial charge in [-0.05, 0) is 12.5 Å². The molecule has 0 aliphatic carbocycles. The quantitative estimate of drug-likeness (QED) is 0.830. The second kappa shape index (κ2) is 6.62. The molecule has 0 bridgehead atoms. The maximum absolute atomic E-state index is 14.0. The molecule has 1 aromatic heterocycles. The Balaban J connectivity index is 1.96. The van der Waals surface area contributed by atoms with Crippen molar-refractivity contribution in [3.05, 3.63) is 29.8 Å². The largest absolute Gasteiger partial charge is 0.377 e. The topological polar surface area (TPSA) is 58.0 Å². The van der Waals surface area contributed by atoms with Crippen LogP contribution in [0, 0.1) is 5.82 Å². The lowest BCUT2D eigenvalue weighted by atomic mass is 10.0. The molecule has 0 aromatic carbocycles. The number of ether oxygens (including phenoxy) is 1. The third-order valence-corrected chi connectivity index (χ3v) is 4.43. The van der Waals surface area contributed by atoms with Crippen LogP contribution in [-0.2, 0) is 9.53 Å². The zero-order valence-electron chi connectivity index (χ0n) is 13.4. The van der Waals surface area contributed by atoms with Gasteiger partial charge in [0.1, 0.15) is 5.82 Å². The minimum atomic E-state index is -0.503. The first-order valence-corrected chi connectivity index (χ1v) is 7.90. The minimum Gasteiger partial charge on any atom is -0.377 e. The molecule has 1 fully saturated rings. The van der Waals surface area contributed by atoms with Crippen molar-refractivity contribution in [2.24, 2.45) is 4.99 Å². The van der Waals surface area contributed by atoms with Crippen molar-refractivity contribution >= 4 is 11.9 Å². The van der Waals surface area contributed by atoms with E-state index < -0.39 is 11.9 Å². The van der Waals surface area contributed by atoms with Crippen LogP contribution in [0.1, 0.15) is 31.4 Å². The van der Waals surface area contributed by atoms with E-state index in [1.165, 1.54) is 6.20 Å². The second-order valence-electron chi connectivity index (χ2n) is 5.83. The lowest BCUT2D eigenvalue weighted by molar-refractivity contribution is -0.128. The number of carbonyl (C=O) groups excluding carboxylic acids is 1. The van der Waals surface area contributed by atoms with Gasteiger partial charge in [0, 0.05) is 25.4 Å². The number of aliphatic imine (C=N–C) groups is 1. The van der Waals surface area contributed by atoms with E-state index in [0.717, 1.165) is 12.6 Å². The Labute approximate surface area is 135 Å². The number of amides is 1. The summed E-state index contributed by atoms with van der Waals surface area (Å²) in [4.78, 5) is 24.5. The van der Waals surface area contributed by atoms with E-state index in [4.69, 9.17) is 9.73 Å². The molecule has 124 valence electrons. The number of carbonyl (C=O) groups is 1. The molecule has 0 N–H and O–H groups in total. The first-order chi connectivity index (χ1) is 11.1. The van der Waals surface area contributed by atoms with Crippen LogP contribution in [0.2, 0.25) is 0 Å². The van der Waals surface area contributed by atoms with Crippen LogP contribution in [0.4, 0.5) is 4.39 Å². The lowest BCUT2D eigenvalue weighted by Crippen LogP contribution is -2.56. The fourth-order valence-electron chi connectivity index (χ4n) is 3.04. The summed E-state index contributed by atoms with van der Waals surface area (Å²) >= 11 is 0. The van der Waals surface area contributed by atoms with E-state index >= 15 is 0 Å². The SMILES string of the molecule is CC[C@H]1COCCN1C1=NC(c2ccncc2F)CC(=O)N1C. The Bertz CT molecular complexity index is 622. The van der Waals surface area contributed by atoms with Gasteiger partial charge in [-0.2, -0.15) is 0 Å². The molecule has 1 unspecified atom stereocenters. The number of nitrogens with zero attached hydrogens (tertiary/aromatic N) is 4. The van der Waals surface area contributed by atoms with E-state index in [-0.39, 0.29) is 18.4 Å². The number of hydrogen-bond donors (Lipinski definition) is 0. The normalized spacial score (nSPS) is 25.5. The zero-order chi connectivity index (χ0) is 16.4. The minimum absolute atomic E-state index is 0.0578. The summed E-state index contributed by atoms with van der Waals surface area (Å²) in [5.74, 6) is 0.127. The summed E-state index contributed by atoms with van der Waals surface area (Å²) in [6.45, 7) is 3.98. The van der Waals surface area contributed by atoms with Crippen molar-refractivity contribution in [3.8, 4) is 0 Å². The first-order valence-electron chi connectivity index (χ1n) is 7.90. The van der Waals surface area contributed by atoms with E-state index in [0.29, 0.717) is 31.3 Å². The summed E-state index contributed by atoms with van der Waals surface area (Å²) in [6, 6.07) is 1.27. The van der Waals surface area contributed by atoms with Crippen LogP contribution < -0.4 is 0 Å². The lowest BCUT2D eigenvalue weighted by Gasteiger charge is -2.42. The summed E-state index contributed by atoms with van der Waals surface area (Å²) in [5, 5.41) is 0. The highest BCUT2D eigenvalue weighted by molar-refractivity contribution is 5.99. The Morgan fingerprint density at radius 2 is 2.30 bits per heavy atom. The molecule has 3 rings (SSSR count). The molecule has 6 nitrogen and oxygen atoms in total. The van der Waals surface area contributed by atoms with E-state index in [9.17, 15) is 9.18 Å². The Morgan fingerprint density at radius 3 is 3.04 bits per heavy atom. The molecule has 0 saturated carbocycles. The van der Waals surface area contributed by atoms with Crippen LogP contribution in [0.5, 0.6) is 0 Å². The average Bonchev–Trinajstić information content (AvgIpc) is 2.58. The first kappa shape index (κ1) is 15.9. The number of hydrogen-bond acceptors (Lipinski definition) is 5. The van der Waals surface area contributed by atoms with E-state index in [2.05, 4.69) is 16.8 Å². The van der Waals surface area contributed by atoms with Gasteiger partial charge in [-0.3, -0.25) is 14.7 Å². The number of halogens is 1. The summed E-state index contributed by atoms with van der Waals surface area (Å²) < 4.78 is 19.5. The highest BCUT2D eigenvalue weighted by Crippen LogP contribution is 2.29. The van der Waals surface area contributed by atoms with Gasteiger partial charge >= 0.3 is 0 Å². The highest BCUT2D eigenvalue weighted by atomic mass is 19.1. The third kappa shape index (κ3) is 3.06. The predicted octanol–water partition coefficient (Wildman–Crippen LogP) is 1.59. The smallest absolute Gasteiger partial charge is 0.231 e. The number of aromatic nitrogens is 1. The predicted molar refractivity (Wildman–Crippen MR) is 83.4 cm³/mol. The summed E-state index contributed by atoms with van der Waals surface area (Å²) in [7, 11) is 1.72. The Kier molecular flexibility index (Phi) is 4.56. The van der Waals surface area contributed by atoms with Crippen molar-refractivity contribution in [3.63, 3.8) is 0 Å². The third-order valence-electron chi connectivity index (χ3n) is 4.43. The number of rotatable bonds is 2. The Morgan fingerprint density at radius 1 is 1.48 bits per heavy atom. The van der Waals surface area contributed by atoms with Crippen LogP contribution >= 0.6 is 0 Å². The van der Waals surface area contributed by atoms with Gasteiger partial charge in [0.2, 0.25) is 11.9 Å². The van der Waals surface area contributed by atoms with E-state index in [1.807, 2.05) is 0 Å². The van der Waals surface area contributed by atoms with Gasteiger partial charge < -0.3 is 9.64 Å². The molecule has 2 atom stereocenters. The maximum Gasteiger partial charge on any atom is 0.231 e. The van der Waals surface area contributed by atoms with Gasteiger partial charge in [-0.15, -0.1) is 0 Å². The molecular weight excluding hydrogens is 299 g/mol. The molecule has 7 heteroatoms. The molecule has 1 saturated heterocycles. The van der Waals surface area contributed by atoms with Crippen molar-refractivity contribution in [2.45, 2.75) is 31.8 Å². The molecule has 2 aliphatic heterocycles. The number of guanidine groups is 1. The molecule has 1 amide bonds. The molecule has 1 aromatic rings. The van der Waals surface area contributed by atoms with E-state index in [1.54, 1.807) is 18.0 Å². The molecular formula is C16H21FN4O2. The van der Waals surface area contributed by atoms with Crippen molar-refractivity contribution in [2.75, 3.05) is 26.8 Å². The van der Waals surface area contributed by atoms with Crippen molar-refractivity contribution in [1.29, 1.82) is 0 Å². The Hall–Kier alpha value is -2.02. The van der Waals surface area contributed by atoms with Crippen LogP contribution in [0.25, 0.3) is 0 Å². The van der Waals surface area contributed by atoms with Gasteiger partial charge in [0.25, 0.3) is 0 Å². The highest BCUT2D eigenvalue weighted by Gasteiger charge is 2.34.